The first-order valence-corrected chi connectivity index (χ1v) is 9.90. The van der Waals surface area contributed by atoms with Crippen molar-refractivity contribution in [3.05, 3.63) is 34.3 Å². The predicted molar refractivity (Wildman–Crippen MR) is 103 cm³/mol. The number of aliphatic imine (C=N–C) groups is 1. The van der Waals surface area contributed by atoms with Crippen LogP contribution in [0.2, 0.25) is 0 Å². The van der Waals surface area contributed by atoms with Crippen LogP contribution in [-0.2, 0) is 11.3 Å². The number of guanidine groups is 1. The molecule has 1 aliphatic heterocycles. The standard InChI is InChI=1S/C17H26BrN3OS/c1-19-16(20-13-17(23-3)8-10-22-11-9-17)21(2)12-14-6-4-5-7-15(14)18/h4-7H,8-13H2,1-3H3,(H,19,20). The summed E-state index contributed by atoms with van der Waals surface area (Å²) in [5, 5.41) is 3.55. The van der Waals surface area contributed by atoms with Gasteiger partial charge in [0.25, 0.3) is 0 Å². The van der Waals surface area contributed by atoms with Crippen molar-refractivity contribution in [2.45, 2.75) is 24.1 Å². The summed E-state index contributed by atoms with van der Waals surface area (Å²) in [5.74, 6) is 0.931. The van der Waals surface area contributed by atoms with Crippen LogP contribution in [0.3, 0.4) is 0 Å². The SMILES string of the molecule is CN=C(NCC1(SC)CCOCC1)N(C)Cc1ccccc1Br. The molecular formula is C17H26BrN3OS. The van der Waals surface area contributed by atoms with Crippen molar-refractivity contribution >= 4 is 33.7 Å². The molecule has 0 aliphatic carbocycles. The molecule has 0 aromatic heterocycles. The Labute approximate surface area is 152 Å². The monoisotopic (exact) mass is 399 g/mol. The molecule has 1 saturated heterocycles. The second-order valence-corrected chi connectivity index (χ2v) is 7.98. The highest BCUT2D eigenvalue weighted by molar-refractivity contribution is 9.10. The summed E-state index contributed by atoms with van der Waals surface area (Å²) < 4.78 is 6.90. The van der Waals surface area contributed by atoms with Crippen LogP contribution in [0.5, 0.6) is 0 Å². The van der Waals surface area contributed by atoms with E-state index in [1.165, 1.54) is 5.56 Å². The van der Waals surface area contributed by atoms with E-state index >= 15 is 0 Å². The third kappa shape index (κ3) is 5.13. The number of hydrogen-bond acceptors (Lipinski definition) is 3. The first kappa shape index (κ1) is 18.6. The molecule has 1 fully saturated rings. The van der Waals surface area contributed by atoms with Crippen LogP contribution in [0.15, 0.2) is 33.7 Å². The molecule has 0 unspecified atom stereocenters. The molecule has 2 rings (SSSR count). The molecule has 0 spiro atoms. The van der Waals surface area contributed by atoms with E-state index in [0.717, 1.165) is 49.6 Å². The van der Waals surface area contributed by atoms with Gasteiger partial charge in [0, 0.05) is 49.6 Å². The number of benzene rings is 1. The predicted octanol–water partition coefficient (Wildman–Crippen LogP) is 3.37. The topological polar surface area (TPSA) is 36.9 Å². The van der Waals surface area contributed by atoms with E-state index in [2.05, 4.69) is 62.6 Å². The molecule has 0 atom stereocenters. The largest absolute Gasteiger partial charge is 0.381 e. The summed E-state index contributed by atoms with van der Waals surface area (Å²) in [5.41, 5.74) is 1.25. The minimum atomic E-state index is 0.252. The third-order valence-electron chi connectivity index (χ3n) is 4.34. The van der Waals surface area contributed by atoms with E-state index in [9.17, 15) is 0 Å². The van der Waals surface area contributed by atoms with Crippen molar-refractivity contribution in [1.29, 1.82) is 0 Å². The van der Waals surface area contributed by atoms with Gasteiger partial charge in [-0.2, -0.15) is 11.8 Å². The maximum absolute atomic E-state index is 5.51. The lowest BCUT2D eigenvalue weighted by Crippen LogP contribution is -2.48. The molecule has 1 aromatic carbocycles. The Kier molecular flexibility index (Phi) is 7.24. The lowest BCUT2D eigenvalue weighted by Gasteiger charge is -2.37. The van der Waals surface area contributed by atoms with Crippen LogP contribution in [-0.4, -0.2) is 55.7 Å². The van der Waals surface area contributed by atoms with Crippen molar-refractivity contribution in [2.24, 2.45) is 4.99 Å². The quantitative estimate of drug-likeness (QED) is 0.608. The lowest BCUT2D eigenvalue weighted by molar-refractivity contribution is 0.0781. The van der Waals surface area contributed by atoms with Crippen LogP contribution in [0, 0.1) is 0 Å². The molecular weight excluding hydrogens is 374 g/mol. The first-order chi connectivity index (χ1) is 11.1. The summed E-state index contributed by atoms with van der Waals surface area (Å²) >= 11 is 5.55. The maximum atomic E-state index is 5.51. The number of hydrogen-bond donors (Lipinski definition) is 1. The first-order valence-electron chi connectivity index (χ1n) is 7.88. The number of thioether (sulfide) groups is 1. The Morgan fingerprint density at radius 3 is 2.70 bits per heavy atom. The van der Waals surface area contributed by atoms with E-state index in [1.807, 2.05) is 24.9 Å². The zero-order valence-electron chi connectivity index (χ0n) is 14.1. The Hall–Kier alpha value is -0.720. The molecule has 0 amide bonds. The van der Waals surface area contributed by atoms with Gasteiger partial charge >= 0.3 is 0 Å². The molecule has 6 heteroatoms. The van der Waals surface area contributed by atoms with Crippen molar-refractivity contribution in [3.63, 3.8) is 0 Å². The zero-order chi connectivity index (χ0) is 16.7. The lowest BCUT2D eigenvalue weighted by atomic mass is 9.99. The highest BCUT2D eigenvalue weighted by atomic mass is 79.9. The van der Waals surface area contributed by atoms with Gasteiger partial charge in [-0.25, -0.2) is 0 Å². The molecule has 1 N–H and O–H groups in total. The van der Waals surface area contributed by atoms with E-state index in [0.29, 0.717) is 0 Å². The third-order valence-corrected chi connectivity index (χ3v) is 6.54. The van der Waals surface area contributed by atoms with Crippen LogP contribution in [0.1, 0.15) is 18.4 Å². The van der Waals surface area contributed by atoms with Gasteiger partial charge < -0.3 is 15.0 Å². The number of ether oxygens (including phenoxy) is 1. The molecule has 128 valence electrons. The van der Waals surface area contributed by atoms with E-state index in [1.54, 1.807) is 0 Å². The van der Waals surface area contributed by atoms with Crippen molar-refractivity contribution < 1.29 is 4.74 Å². The number of nitrogens with one attached hydrogen (secondary N) is 1. The van der Waals surface area contributed by atoms with E-state index < -0.39 is 0 Å². The summed E-state index contributed by atoms with van der Waals surface area (Å²) in [6, 6.07) is 8.31. The summed E-state index contributed by atoms with van der Waals surface area (Å²) in [6.07, 6.45) is 4.37. The highest BCUT2D eigenvalue weighted by Crippen LogP contribution is 2.33. The Morgan fingerprint density at radius 2 is 2.09 bits per heavy atom. The summed E-state index contributed by atoms with van der Waals surface area (Å²) in [4.78, 5) is 6.60. The molecule has 1 heterocycles. The molecule has 0 saturated carbocycles. The Morgan fingerprint density at radius 1 is 1.39 bits per heavy atom. The number of nitrogens with zero attached hydrogens (tertiary/aromatic N) is 2. The smallest absolute Gasteiger partial charge is 0.193 e. The number of rotatable bonds is 5. The van der Waals surface area contributed by atoms with Crippen molar-refractivity contribution in [2.75, 3.05) is 40.1 Å². The van der Waals surface area contributed by atoms with Gasteiger partial charge in [-0.15, -0.1) is 0 Å². The maximum Gasteiger partial charge on any atom is 0.193 e. The molecule has 4 nitrogen and oxygen atoms in total. The van der Waals surface area contributed by atoms with Gasteiger partial charge in [0.05, 0.1) is 0 Å². The molecule has 23 heavy (non-hydrogen) atoms. The van der Waals surface area contributed by atoms with Gasteiger partial charge in [-0.1, -0.05) is 34.1 Å². The molecule has 0 bridgehead atoms. The number of halogens is 1. The average Bonchev–Trinajstić information content (AvgIpc) is 2.58. The molecule has 0 radical (unpaired) electrons. The van der Waals surface area contributed by atoms with Gasteiger partial charge in [0.1, 0.15) is 0 Å². The minimum absolute atomic E-state index is 0.252. The van der Waals surface area contributed by atoms with Gasteiger partial charge in [-0.05, 0) is 30.7 Å². The molecule has 1 aromatic rings. The average molecular weight is 400 g/mol. The van der Waals surface area contributed by atoms with Crippen molar-refractivity contribution in [1.82, 2.24) is 10.2 Å². The van der Waals surface area contributed by atoms with Gasteiger partial charge in [-0.3, -0.25) is 4.99 Å². The summed E-state index contributed by atoms with van der Waals surface area (Å²) in [7, 11) is 3.92. The molecule has 1 aliphatic rings. The Bertz CT molecular complexity index is 532. The minimum Gasteiger partial charge on any atom is -0.381 e. The van der Waals surface area contributed by atoms with E-state index in [-0.39, 0.29) is 4.75 Å². The second-order valence-electron chi connectivity index (χ2n) is 5.85. The van der Waals surface area contributed by atoms with Crippen LogP contribution in [0.4, 0.5) is 0 Å². The Balaban J connectivity index is 1.95. The van der Waals surface area contributed by atoms with Gasteiger partial charge in [0.2, 0.25) is 0 Å². The van der Waals surface area contributed by atoms with Gasteiger partial charge in [0.15, 0.2) is 5.96 Å². The van der Waals surface area contributed by atoms with Crippen LogP contribution in [0.25, 0.3) is 0 Å². The fraction of sp³-hybridized carbons (Fsp3) is 0.588. The van der Waals surface area contributed by atoms with Crippen LogP contribution < -0.4 is 5.32 Å². The highest BCUT2D eigenvalue weighted by Gasteiger charge is 2.32. The normalized spacial score (nSPS) is 17.8. The zero-order valence-corrected chi connectivity index (χ0v) is 16.5. The van der Waals surface area contributed by atoms with Crippen molar-refractivity contribution in [3.8, 4) is 0 Å². The van der Waals surface area contributed by atoms with E-state index in [4.69, 9.17) is 4.74 Å². The second kappa shape index (κ2) is 8.94. The fourth-order valence-electron chi connectivity index (χ4n) is 2.78. The van der Waals surface area contributed by atoms with Crippen LogP contribution >= 0.6 is 27.7 Å². The fourth-order valence-corrected chi connectivity index (χ4v) is 3.98. The summed E-state index contributed by atoms with van der Waals surface area (Å²) in [6.45, 7) is 3.45.